The third-order valence-corrected chi connectivity index (χ3v) is 2.45. The number of nitrogens with zero attached hydrogens (tertiary/aromatic N) is 1. The molecule has 0 spiro atoms. The molecule has 0 atom stereocenters. The zero-order valence-electron chi connectivity index (χ0n) is 11.8. The van der Waals surface area contributed by atoms with E-state index in [1.54, 1.807) is 6.92 Å². The molecule has 0 unspecified atom stereocenters. The van der Waals surface area contributed by atoms with Crippen LogP contribution in [0.4, 0.5) is 5.69 Å². The monoisotopic (exact) mass is 283 g/mol. The quantitative estimate of drug-likeness (QED) is 0.452. The molecule has 0 radical (unpaired) electrons. The lowest BCUT2D eigenvalue weighted by atomic mass is 10.1. The second-order valence-electron chi connectivity index (χ2n) is 4.46. The second-order valence-corrected chi connectivity index (χ2v) is 4.46. The predicted octanol–water partition coefficient (Wildman–Crippen LogP) is 2.32. The number of ether oxygens (including phenoxy) is 3. The van der Waals surface area contributed by atoms with Gasteiger partial charge >= 0.3 is 5.97 Å². The first-order valence-electron chi connectivity index (χ1n) is 6.00. The van der Waals surface area contributed by atoms with E-state index in [1.807, 2.05) is 0 Å². The molecule has 1 aromatic rings. The Morgan fingerprint density at radius 2 is 1.90 bits per heavy atom. The Morgan fingerprint density at radius 3 is 2.40 bits per heavy atom. The number of nitro benzene ring substituents is 1. The van der Waals surface area contributed by atoms with Gasteiger partial charge in [0.15, 0.2) is 5.60 Å². The van der Waals surface area contributed by atoms with Gasteiger partial charge < -0.3 is 14.2 Å². The molecule has 0 amide bonds. The smallest absolute Gasteiger partial charge is 0.349 e. The SMILES string of the molecule is CCOC(=O)C(C)(C)Oc1cc(OC)cc([N+](=O)[O-])c1. The summed E-state index contributed by atoms with van der Waals surface area (Å²) < 4.78 is 15.3. The van der Waals surface area contributed by atoms with Crippen LogP contribution in [0.2, 0.25) is 0 Å². The molecule has 0 saturated carbocycles. The van der Waals surface area contributed by atoms with Crippen molar-refractivity contribution in [3.05, 3.63) is 28.3 Å². The summed E-state index contributed by atoms with van der Waals surface area (Å²) in [6, 6.07) is 3.96. The van der Waals surface area contributed by atoms with E-state index in [0.717, 1.165) is 0 Å². The summed E-state index contributed by atoms with van der Waals surface area (Å²) >= 11 is 0. The fourth-order valence-corrected chi connectivity index (χ4v) is 1.48. The molecule has 0 N–H and O–H groups in total. The first-order chi connectivity index (χ1) is 9.30. The summed E-state index contributed by atoms with van der Waals surface area (Å²) in [4.78, 5) is 22.0. The van der Waals surface area contributed by atoms with E-state index >= 15 is 0 Å². The highest BCUT2D eigenvalue weighted by Crippen LogP contribution is 2.30. The summed E-state index contributed by atoms with van der Waals surface area (Å²) in [6.07, 6.45) is 0. The van der Waals surface area contributed by atoms with Crippen molar-refractivity contribution in [3.63, 3.8) is 0 Å². The minimum atomic E-state index is -1.25. The van der Waals surface area contributed by atoms with E-state index < -0.39 is 16.5 Å². The normalized spacial score (nSPS) is 10.8. The van der Waals surface area contributed by atoms with Crippen LogP contribution in [0.15, 0.2) is 18.2 Å². The fraction of sp³-hybridized carbons (Fsp3) is 0.462. The number of carbonyl (C=O) groups excluding carboxylic acids is 1. The van der Waals surface area contributed by atoms with E-state index in [-0.39, 0.29) is 23.8 Å². The molecule has 0 aliphatic carbocycles. The van der Waals surface area contributed by atoms with Crippen molar-refractivity contribution < 1.29 is 23.9 Å². The number of rotatable bonds is 6. The van der Waals surface area contributed by atoms with Crippen molar-refractivity contribution in [2.75, 3.05) is 13.7 Å². The molecule has 7 heteroatoms. The Hall–Kier alpha value is -2.31. The highest BCUT2D eigenvalue weighted by Gasteiger charge is 2.32. The molecule has 0 saturated heterocycles. The largest absolute Gasteiger partial charge is 0.496 e. The van der Waals surface area contributed by atoms with Crippen LogP contribution < -0.4 is 9.47 Å². The Morgan fingerprint density at radius 1 is 1.30 bits per heavy atom. The highest BCUT2D eigenvalue weighted by molar-refractivity contribution is 5.79. The van der Waals surface area contributed by atoms with Gasteiger partial charge in [-0.1, -0.05) is 0 Å². The summed E-state index contributed by atoms with van der Waals surface area (Å²) in [5, 5.41) is 10.8. The minimum Gasteiger partial charge on any atom is -0.496 e. The lowest BCUT2D eigenvalue weighted by molar-refractivity contribution is -0.385. The number of methoxy groups -OCH3 is 1. The van der Waals surface area contributed by atoms with Gasteiger partial charge in [-0.15, -0.1) is 0 Å². The molecule has 0 bridgehead atoms. The van der Waals surface area contributed by atoms with Gasteiger partial charge in [-0.05, 0) is 20.8 Å². The van der Waals surface area contributed by atoms with E-state index in [2.05, 4.69) is 0 Å². The first kappa shape index (κ1) is 15.7. The minimum absolute atomic E-state index is 0.161. The summed E-state index contributed by atoms with van der Waals surface area (Å²) in [6.45, 7) is 4.96. The van der Waals surface area contributed by atoms with Gasteiger partial charge in [-0.25, -0.2) is 4.79 Å². The number of hydrogen-bond donors (Lipinski definition) is 0. The molecule has 1 aromatic carbocycles. The fourth-order valence-electron chi connectivity index (χ4n) is 1.48. The van der Waals surface area contributed by atoms with E-state index in [0.29, 0.717) is 0 Å². The number of non-ortho nitro benzene ring substituents is 1. The van der Waals surface area contributed by atoms with E-state index in [1.165, 1.54) is 39.2 Å². The lowest BCUT2D eigenvalue weighted by Gasteiger charge is -2.24. The van der Waals surface area contributed by atoms with E-state index in [4.69, 9.17) is 14.2 Å². The molecular weight excluding hydrogens is 266 g/mol. The molecular formula is C13H17NO6. The van der Waals surface area contributed by atoms with Gasteiger partial charge in [0, 0.05) is 6.07 Å². The van der Waals surface area contributed by atoms with Gasteiger partial charge in [0.1, 0.15) is 11.5 Å². The number of hydrogen-bond acceptors (Lipinski definition) is 6. The third-order valence-electron chi connectivity index (χ3n) is 2.45. The maximum absolute atomic E-state index is 11.7. The van der Waals surface area contributed by atoms with Crippen molar-refractivity contribution >= 4 is 11.7 Å². The number of esters is 1. The van der Waals surface area contributed by atoms with Crippen molar-refractivity contribution in [2.45, 2.75) is 26.4 Å². The molecule has 1 rings (SSSR count). The molecule has 0 fully saturated rings. The molecule has 0 aliphatic heterocycles. The molecule has 0 aliphatic rings. The van der Waals surface area contributed by atoms with Crippen LogP contribution in [-0.4, -0.2) is 30.2 Å². The Kier molecular flexibility index (Phi) is 4.90. The van der Waals surface area contributed by atoms with Crippen LogP contribution in [-0.2, 0) is 9.53 Å². The average molecular weight is 283 g/mol. The van der Waals surface area contributed by atoms with Crippen molar-refractivity contribution in [2.24, 2.45) is 0 Å². The average Bonchev–Trinajstić information content (AvgIpc) is 2.37. The van der Waals surface area contributed by atoms with Gasteiger partial charge in [0.05, 0.1) is 30.8 Å². The van der Waals surface area contributed by atoms with Gasteiger partial charge in [-0.2, -0.15) is 0 Å². The molecule has 20 heavy (non-hydrogen) atoms. The maximum Gasteiger partial charge on any atom is 0.349 e. The van der Waals surface area contributed by atoms with Gasteiger partial charge in [-0.3, -0.25) is 10.1 Å². The Bertz CT molecular complexity index is 512. The standard InChI is InChI=1S/C13H17NO6/c1-5-19-12(15)13(2,3)20-11-7-9(14(16)17)6-10(8-11)18-4/h6-8H,5H2,1-4H3. The highest BCUT2D eigenvalue weighted by atomic mass is 16.6. The van der Waals surface area contributed by atoms with Crippen molar-refractivity contribution in [1.29, 1.82) is 0 Å². The summed E-state index contributed by atoms with van der Waals surface area (Å²) in [5.74, 6) is -0.117. The maximum atomic E-state index is 11.7. The van der Waals surface area contributed by atoms with Crippen molar-refractivity contribution in [1.82, 2.24) is 0 Å². The zero-order valence-corrected chi connectivity index (χ0v) is 11.8. The Labute approximate surface area is 116 Å². The van der Waals surface area contributed by atoms with Crippen LogP contribution in [0, 0.1) is 10.1 Å². The van der Waals surface area contributed by atoms with Crippen LogP contribution >= 0.6 is 0 Å². The number of nitro groups is 1. The van der Waals surface area contributed by atoms with Crippen LogP contribution in [0.3, 0.4) is 0 Å². The van der Waals surface area contributed by atoms with Crippen LogP contribution in [0.1, 0.15) is 20.8 Å². The van der Waals surface area contributed by atoms with Gasteiger partial charge in [0.2, 0.25) is 0 Å². The van der Waals surface area contributed by atoms with Crippen molar-refractivity contribution in [3.8, 4) is 11.5 Å². The first-order valence-corrected chi connectivity index (χ1v) is 6.00. The topological polar surface area (TPSA) is 87.9 Å². The van der Waals surface area contributed by atoms with Crippen LogP contribution in [0.25, 0.3) is 0 Å². The summed E-state index contributed by atoms with van der Waals surface area (Å²) in [5.41, 5.74) is -1.44. The Balaban J connectivity index is 3.04. The predicted molar refractivity (Wildman–Crippen MR) is 71.0 cm³/mol. The second kappa shape index (κ2) is 6.23. The molecule has 110 valence electrons. The molecule has 0 heterocycles. The number of carbonyl (C=O) groups is 1. The van der Waals surface area contributed by atoms with Gasteiger partial charge in [0.25, 0.3) is 5.69 Å². The zero-order chi connectivity index (χ0) is 15.3. The van der Waals surface area contributed by atoms with Crippen LogP contribution in [0.5, 0.6) is 11.5 Å². The lowest BCUT2D eigenvalue weighted by Crippen LogP contribution is -2.39. The summed E-state index contributed by atoms with van der Waals surface area (Å²) in [7, 11) is 1.39. The van der Waals surface area contributed by atoms with E-state index in [9.17, 15) is 14.9 Å². The number of benzene rings is 1. The molecule has 0 aromatic heterocycles. The molecule has 7 nitrogen and oxygen atoms in total. The third kappa shape index (κ3) is 3.84.